The van der Waals surface area contributed by atoms with Crippen LogP contribution in [0.5, 0.6) is 0 Å². The molecule has 0 radical (unpaired) electrons. The standard InChI is InChI=1S/C23H38N2O2.C22H2.HN3.O2.13H2/c1-16(26)21-14-19-8-4-5-9-20(19)23(21)24-22(27)15-25-12-10-18(11-13-25)17-6-2-3-7-17;1-3-5-7-9-11-13-15-17-19-21-22-20-18-16-14-12-10-8-6-4-2;1-3-2;1-2;;;;;;;;;;;;;/h17-21,23H,2-15H2,1H3,(H,24,27);1-2H;1H;;13*1H. The molecule has 296 valence electrons. The summed E-state index contributed by atoms with van der Waals surface area (Å²) in [6, 6.07) is 0.0938. The summed E-state index contributed by atoms with van der Waals surface area (Å²) >= 11 is 0. The maximum absolute atomic E-state index is 12.8. The van der Waals surface area contributed by atoms with Gasteiger partial charge >= 0.3 is 0 Å². The molecule has 3 aliphatic carbocycles. The minimum Gasteiger partial charge on any atom is -0.351 e. The highest BCUT2D eigenvalue weighted by Gasteiger charge is 2.46. The Morgan fingerprint density at radius 3 is 1.41 bits per heavy atom. The average Bonchev–Trinajstić information content (AvgIpc) is 3.85. The number of Topliss-reactive ketones (excluding diaryl/α,β-unsaturated/α-hetero) is 1. The van der Waals surface area contributed by atoms with Crippen molar-refractivity contribution in [1.29, 1.82) is 5.53 Å². The lowest BCUT2D eigenvalue weighted by atomic mass is 9.80. The number of hydrogen-bond acceptors (Lipinski definition) is 6. The Balaban J connectivity index is -0.0000000620. The predicted molar refractivity (Wildman–Crippen MR) is 239 cm³/mol. The highest BCUT2D eigenvalue weighted by Crippen LogP contribution is 2.45. The number of ketones is 1. The maximum atomic E-state index is 12.8. The van der Waals surface area contributed by atoms with Gasteiger partial charge in [0, 0.05) is 64.1 Å². The molecule has 0 aromatic heterocycles. The van der Waals surface area contributed by atoms with Gasteiger partial charge in [0.2, 0.25) is 5.91 Å². The predicted octanol–water partition coefficient (Wildman–Crippen LogP) is 8.21. The molecule has 0 bridgehead atoms. The Hall–Kier alpha value is -6.83. The largest absolute Gasteiger partial charge is 0.351 e. The number of amides is 1. The van der Waals surface area contributed by atoms with Gasteiger partial charge in [-0.15, -0.1) is 18.4 Å². The first-order valence-electron chi connectivity index (χ1n) is 17.6. The molecule has 4 aliphatic rings. The highest BCUT2D eigenvalue weighted by atomic mass is 16.7. The molecule has 4 unspecified atom stereocenters. The molecular weight excluding hydrogens is 675 g/mol. The number of hydrogen-bond donors (Lipinski definition) is 2. The van der Waals surface area contributed by atoms with E-state index in [0.29, 0.717) is 18.4 Å². The van der Waals surface area contributed by atoms with Crippen LogP contribution < -0.4 is 5.32 Å². The van der Waals surface area contributed by atoms with E-state index >= 15 is 0 Å². The van der Waals surface area contributed by atoms with Crippen LogP contribution in [0, 0.1) is 176 Å². The summed E-state index contributed by atoms with van der Waals surface area (Å²) in [4.78, 5) is 43.0. The zero-order valence-corrected chi connectivity index (χ0v) is 30.5. The van der Waals surface area contributed by atoms with Crippen molar-refractivity contribution in [2.75, 3.05) is 19.6 Å². The number of terminal acetylenes is 2. The van der Waals surface area contributed by atoms with Crippen molar-refractivity contribution in [2.24, 2.45) is 29.6 Å². The topological polar surface area (TPSA) is 144 Å². The first kappa shape index (κ1) is 45.2. The van der Waals surface area contributed by atoms with E-state index < -0.39 is 0 Å². The van der Waals surface area contributed by atoms with E-state index in [1.54, 1.807) is 11.8 Å². The summed E-state index contributed by atoms with van der Waals surface area (Å²) in [7, 11) is 0. The van der Waals surface area contributed by atoms with Crippen molar-refractivity contribution in [3.63, 3.8) is 0 Å². The van der Waals surface area contributed by atoms with E-state index in [0.717, 1.165) is 31.3 Å². The molecule has 54 heavy (non-hydrogen) atoms. The lowest BCUT2D eigenvalue weighted by molar-refractivity contribution is -0.125. The normalized spacial score (nSPS) is 19.7. The minimum absolute atomic E-state index is 0. The quantitative estimate of drug-likeness (QED) is 0.126. The van der Waals surface area contributed by atoms with Crippen LogP contribution in [0.1, 0.15) is 96.1 Å². The van der Waals surface area contributed by atoms with E-state index in [-0.39, 0.29) is 42.2 Å². The van der Waals surface area contributed by atoms with Gasteiger partial charge < -0.3 is 5.32 Å². The molecule has 4 fully saturated rings. The van der Waals surface area contributed by atoms with Crippen LogP contribution in [0.25, 0.3) is 10.4 Å². The number of piperidine rings is 1. The number of rotatable bonds is 5. The number of carbonyl (C=O) groups excluding carboxylic acids is 2. The zero-order chi connectivity index (χ0) is 39.7. The molecular formula is C45H67N5O4. The van der Waals surface area contributed by atoms with E-state index in [9.17, 15) is 9.59 Å². The number of nitrogens with one attached hydrogen (secondary N) is 2. The minimum atomic E-state index is 0. The molecule has 0 spiro atoms. The van der Waals surface area contributed by atoms with E-state index in [1.165, 1.54) is 64.2 Å². The van der Waals surface area contributed by atoms with Gasteiger partial charge in [-0.3, -0.25) is 14.5 Å². The Morgan fingerprint density at radius 2 is 1.02 bits per heavy atom. The van der Waals surface area contributed by atoms with Gasteiger partial charge in [-0.25, -0.2) is 0 Å². The summed E-state index contributed by atoms with van der Waals surface area (Å²) in [6.45, 7) is 4.38. The van der Waals surface area contributed by atoms with E-state index in [1.807, 2.05) is 0 Å². The zero-order valence-electron chi connectivity index (χ0n) is 30.5. The van der Waals surface area contributed by atoms with Crippen LogP contribution in [0.15, 0.2) is 0 Å². The fraction of sp³-hybridized carbons (Fsp3) is 0.467. The summed E-state index contributed by atoms with van der Waals surface area (Å²) in [6.07, 6.45) is 24.0. The van der Waals surface area contributed by atoms with Crippen LogP contribution in [0.2, 0.25) is 0 Å². The summed E-state index contributed by atoms with van der Waals surface area (Å²) < 4.78 is 0. The number of likely N-dealkylation sites (tertiary alicyclic amines) is 1. The maximum Gasteiger partial charge on any atom is 0.234 e. The molecule has 0 aromatic carbocycles. The molecule has 3 saturated carbocycles. The van der Waals surface area contributed by atoms with Gasteiger partial charge in [0.25, 0.3) is 0 Å². The molecule has 1 heterocycles. The SMILES string of the molecule is C#CC#CC#CC#CC#CC#CC#CC#CC#CC#CC#C.CC(=O)C1CC2CCCCC2C1NC(=O)CN1CCC(C2CCCC2)CC1.O=O.[HH].[HH].[HH].[HH].[HH].[HH].[HH].[HH].[HH].[HH].[HH].[HH].[HH].[N-]=[N+]=N. The summed E-state index contributed by atoms with van der Waals surface area (Å²) in [5.41, 5.74) is 12.2. The third-order valence-electron chi connectivity index (χ3n) is 9.54. The number of fused-ring (bicyclic) bond motifs is 1. The Morgan fingerprint density at radius 1 is 0.667 bits per heavy atom. The Kier molecular flexibility index (Phi) is 25.0. The highest BCUT2D eigenvalue weighted by molar-refractivity contribution is 5.82. The summed E-state index contributed by atoms with van der Waals surface area (Å²) in [5.74, 6) is 51.7. The fourth-order valence-corrected chi connectivity index (χ4v) is 7.42. The van der Waals surface area contributed by atoms with Crippen LogP contribution in [-0.4, -0.2) is 42.3 Å². The first-order chi connectivity index (χ1) is 26.4. The average molecular weight is 742 g/mol. The van der Waals surface area contributed by atoms with E-state index in [4.69, 9.17) is 33.8 Å². The molecule has 4 atom stereocenters. The van der Waals surface area contributed by atoms with Crippen LogP contribution in [-0.2, 0) is 9.59 Å². The van der Waals surface area contributed by atoms with Crippen molar-refractivity contribution < 1.29 is 28.1 Å². The van der Waals surface area contributed by atoms with Crippen LogP contribution in [0.3, 0.4) is 0 Å². The second-order valence-electron chi connectivity index (χ2n) is 12.6. The third kappa shape index (κ3) is 19.0. The third-order valence-corrected chi connectivity index (χ3v) is 9.54. The van der Waals surface area contributed by atoms with Gasteiger partial charge in [-0.2, -0.15) is 0 Å². The monoisotopic (exact) mass is 742 g/mol. The number of nitrogens with zero attached hydrogens (tertiary/aromatic N) is 3. The molecule has 1 saturated heterocycles. The van der Waals surface area contributed by atoms with Crippen molar-refractivity contribution in [3.8, 4) is 131 Å². The van der Waals surface area contributed by atoms with Gasteiger partial charge in [-0.1, -0.05) is 44.9 Å². The molecule has 0 aromatic rings. The molecule has 4 rings (SSSR count). The van der Waals surface area contributed by atoms with Crippen LogP contribution >= 0.6 is 0 Å². The second-order valence-corrected chi connectivity index (χ2v) is 12.6. The molecule has 1 aliphatic heterocycles. The molecule has 9 heteroatoms. The first-order valence-corrected chi connectivity index (χ1v) is 17.6. The van der Waals surface area contributed by atoms with Gasteiger partial charge in [0.05, 0.1) is 6.54 Å². The van der Waals surface area contributed by atoms with Crippen molar-refractivity contribution in [1.82, 2.24) is 10.2 Å². The van der Waals surface area contributed by atoms with Crippen molar-refractivity contribution in [2.45, 2.75) is 83.6 Å². The van der Waals surface area contributed by atoms with Crippen LogP contribution in [0.4, 0.5) is 0 Å². The van der Waals surface area contributed by atoms with Gasteiger partial charge in [-0.05, 0) is 175 Å². The molecule has 1 amide bonds. The van der Waals surface area contributed by atoms with Crippen molar-refractivity contribution in [3.05, 3.63) is 20.4 Å². The summed E-state index contributed by atoms with van der Waals surface area (Å²) in [5, 5.41) is 3.32. The van der Waals surface area contributed by atoms with E-state index in [2.05, 4.69) is 129 Å². The smallest absolute Gasteiger partial charge is 0.234 e. The van der Waals surface area contributed by atoms with Gasteiger partial charge in [0.1, 0.15) is 5.78 Å². The lowest BCUT2D eigenvalue weighted by Crippen LogP contribution is -2.49. The Bertz CT molecular complexity index is 1960. The lowest BCUT2D eigenvalue weighted by Gasteiger charge is -2.35. The molecule has 2 N–H and O–H groups in total. The Labute approximate surface area is 340 Å². The van der Waals surface area contributed by atoms with Gasteiger partial charge in [0.15, 0.2) is 0 Å². The number of carbonyl (C=O) groups is 2. The second kappa shape index (κ2) is 29.9. The van der Waals surface area contributed by atoms with Crippen molar-refractivity contribution >= 4 is 11.7 Å². The molecule has 9 nitrogen and oxygen atoms in total. The fourth-order valence-electron chi connectivity index (χ4n) is 7.42.